The Morgan fingerprint density at radius 1 is 1.10 bits per heavy atom. The van der Waals surface area contributed by atoms with Gasteiger partial charge >= 0.3 is 0 Å². The predicted octanol–water partition coefficient (Wildman–Crippen LogP) is 4.24. The molecule has 0 heterocycles. The molecule has 0 fully saturated rings. The maximum absolute atomic E-state index is 12.0. The highest BCUT2D eigenvalue weighted by molar-refractivity contribution is 9.11. The largest absolute Gasteiger partial charge is 0.397 e. The van der Waals surface area contributed by atoms with Gasteiger partial charge in [-0.05, 0) is 52.3 Å². The minimum Gasteiger partial charge on any atom is -0.397 e. The standard InChI is InChI=1S/C15H15Br2N3O/c1-20(2)15(21)9-3-6-12(18)14(7-9)19-13-8-10(16)4-5-11(13)17/h3-8,19H,18H2,1-2H3. The quantitative estimate of drug-likeness (QED) is 0.741. The van der Waals surface area contributed by atoms with E-state index in [4.69, 9.17) is 5.73 Å². The minimum absolute atomic E-state index is 0.0636. The molecule has 0 bridgehead atoms. The van der Waals surface area contributed by atoms with Crippen molar-refractivity contribution >= 4 is 54.8 Å². The lowest BCUT2D eigenvalue weighted by molar-refractivity contribution is 0.0827. The Labute approximate surface area is 140 Å². The van der Waals surface area contributed by atoms with Gasteiger partial charge in [-0.25, -0.2) is 0 Å². The number of amides is 1. The number of carbonyl (C=O) groups excluding carboxylic acids is 1. The number of anilines is 3. The second kappa shape index (κ2) is 6.49. The number of benzene rings is 2. The van der Waals surface area contributed by atoms with Gasteiger partial charge < -0.3 is 16.0 Å². The Kier molecular flexibility index (Phi) is 4.90. The van der Waals surface area contributed by atoms with E-state index in [0.29, 0.717) is 16.9 Å². The summed E-state index contributed by atoms with van der Waals surface area (Å²) < 4.78 is 1.86. The van der Waals surface area contributed by atoms with E-state index in [-0.39, 0.29) is 5.91 Å². The van der Waals surface area contributed by atoms with Gasteiger partial charge in [0.1, 0.15) is 0 Å². The van der Waals surface area contributed by atoms with Crippen LogP contribution in [-0.2, 0) is 0 Å². The molecule has 3 N–H and O–H groups in total. The van der Waals surface area contributed by atoms with Crippen molar-refractivity contribution in [3.8, 4) is 0 Å². The molecular weight excluding hydrogens is 398 g/mol. The van der Waals surface area contributed by atoms with Gasteiger partial charge in [0.2, 0.25) is 0 Å². The fourth-order valence-electron chi connectivity index (χ4n) is 1.79. The Morgan fingerprint density at radius 2 is 1.81 bits per heavy atom. The number of carbonyl (C=O) groups is 1. The summed E-state index contributed by atoms with van der Waals surface area (Å²) in [4.78, 5) is 13.6. The smallest absolute Gasteiger partial charge is 0.253 e. The molecule has 0 spiro atoms. The summed E-state index contributed by atoms with van der Waals surface area (Å²) in [7, 11) is 3.44. The molecule has 21 heavy (non-hydrogen) atoms. The van der Waals surface area contributed by atoms with Gasteiger partial charge in [-0.2, -0.15) is 0 Å². The molecule has 2 aromatic carbocycles. The highest BCUT2D eigenvalue weighted by atomic mass is 79.9. The maximum atomic E-state index is 12.0. The molecule has 0 aliphatic carbocycles. The lowest BCUT2D eigenvalue weighted by atomic mass is 10.1. The number of hydrogen-bond donors (Lipinski definition) is 2. The summed E-state index contributed by atoms with van der Waals surface area (Å²) in [5.41, 5.74) is 8.72. The van der Waals surface area contributed by atoms with Crippen LogP contribution in [0.1, 0.15) is 10.4 Å². The number of nitrogens with two attached hydrogens (primary N) is 1. The highest BCUT2D eigenvalue weighted by Crippen LogP contribution is 2.31. The molecule has 0 saturated carbocycles. The van der Waals surface area contributed by atoms with Crippen LogP contribution < -0.4 is 11.1 Å². The van der Waals surface area contributed by atoms with Gasteiger partial charge in [-0.1, -0.05) is 15.9 Å². The molecule has 4 nitrogen and oxygen atoms in total. The van der Waals surface area contributed by atoms with Crippen LogP contribution in [0.5, 0.6) is 0 Å². The topological polar surface area (TPSA) is 58.4 Å². The van der Waals surface area contributed by atoms with Crippen LogP contribution >= 0.6 is 31.9 Å². The van der Waals surface area contributed by atoms with Crippen LogP contribution in [0.4, 0.5) is 17.1 Å². The van der Waals surface area contributed by atoms with Crippen molar-refractivity contribution < 1.29 is 4.79 Å². The zero-order chi connectivity index (χ0) is 15.6. The van der Waals surface area contributed by atoms with Crippen molar-refractivity contribution in [3.63, 3.8) is 0 Å². The lowest BCUT2D eigenvalue weighted by Crippen LogP contribution is -2.21. The van der Waals surface area contributed by atoms with Crippen LogP contribution in [0.2, 0.25) is 0 Å². The van der Waals surface area contributed by atoms with Crippen molar-refractivity contribution in [2.24, 2.45) is 0 Å². The van der Waals surface area contributed by atoms with Crippen LogP contribution in [0.3, 0.4) is 0 Å². The summed E-state index contributed by atoms with van der Waals surface area (Å²) in [6.07, 6.45) is 0. The van der Waals surface area contributed by atoms with Crippen molar-refractivity contribution in [1.82, 2.24) is 4.90 Å². The van der Waals surface area contributed by atoms with Crippen molar-refractivity contribution in [2.45, 2.75) is 0 Å². The average molecular weight is 413 g/mol. The van der Waals surface area contributed by atoms with Crippen LogP contribution in [0, 0.1) is 0 Å². The SMILES string of the molecule is CN(C)C(=O)c1ccc(N)c(Nc2cc(Br)ccc2Br)c1. The number of rotatable bonds is 3. The second-order valence-corrected chi connectivity index (χ2v) is 6.52. The Morgan fingerprint density at radius 3 is 2.48 bits per heavy atom. The third-order valence-corrected chi connectivity index (χ3v) is 4.09. The first-order valence-corrected chi connectivity index (χ1v) is 7.80. The monoisotopic (exact) mass is 411 g/mol. The molecule has 0 unspecified atom stereocenters. The first kappa shape index (κ1) is 15.9. The molecule has 2 aromatic rings. The third-order valence-electron chi connectivity index (χ3n) is 2.90. The highest BCUT2D eigenvalue weighted by Gasteiger charge is 2.11. The Hall–Kier alpha value is -1.53. The minimum atomic E-state index is -0.0636. The molecule has 1 amide bonds. The van der Waals surface area contributed by atoms with Crippen LogP contribution in [-0.4, -0.2) is 24.9 Å². The summed E-state index contributed by atoms with van der Waals surface area (Å²) in [6.45, 7) is 0. The normalized spacial score (nSPS) is 10.3. The number of nitrogen functional groups attached to an aromatic ring is 1. The summed E-state index contributed by atoms with van der Waals surface area (Å²) in [5, 5.41) is 3.24. The molecule has 2 rings (SSSR count). The van der Waals surface area contributed by atoms with Gasteiger partial charge in [-0.3, -0.25) is 4.79 Å². The summed E-state index contributed by atoms with van der Waals surface area (Å²) >= 11 is 6.92. The van der Waals surface area contributed by atoms with Gasteiger partial charge in [0.05, 0.1) is 17.1 Å². The van der Waals surface area contributed by atoms with E-state index >= 15 is 0 Å². The zero-order valence-electron chi connectivity index (χ0n) is 11.7. The van der Waals surface area contributed by atoms with Crippen LogP contribution in [0.15, 0.2) is 45.3 Å². The van der Waals surface area contributed by atoms with E-state index in [0.717, 1.165) is 14.6 Å². The van der Waals surface area contributed by atoms with Gasteiger partial charge in [0.15, 0.2) is 0 Å². The number of halogens is 2. The number of nitrogens with one attached hydrogen (secondary N) is 1. The first-order valence-electron chi connectivity index (χ1n) is 6.21. The van der Waals surface area contributed by atoms with Crippen molar-refractivity contribution in [3.05, 3.63) is 50.9 Å². The zero-order valence-corrected chi connectivity index (χ0v) is 14.8. The Bertz CT molecular complexity index is 687. The molecule has 0 radical (unpaired) electrons. The second-order valence-electron chi connectivity index (χ2n) is 4.75. The molecule has 0 atom stereocenters. The van der Waals surface area contributed by atoms with E-state index in [1.807, 2.05) is 18.2 Å². The lowest BCUT2D eigenvalue weighted by Gasteiger charge is -2.15. The molecule has 0 aliphatic rings. The van der Waals surface area contributed by atoms with E-state index < -0.39 is 0 Å². The number of nitrogens with zero attached hydrogens (tertiary/aromatic N) is 1. The number of hydrogen-bond acceptors (Lipinski definition) is 3. The average Bonchev–Trinajstić information content (AvgIpc) is 2.44. The van der Waals surface area contributed by atoms with Crippen molar-refractivity contribution in [2.75, 3.05) is 25.1 Å². The van der Waals surface area contributed by atoms with E-state index in [2.05, 4.69) is 37.2 Å². The van der Waals surface area contributed by atoms with E-state index in [1.54, 1.807) is 32.3 Å². The fourth-order valence-corrected chi connectivity index (χ4v) is 2.50. The predicted molar refractivity (Wildman–Crippen MR) is 94.0 cm³/mol. The van der Waals surface area contributed by atoms with Gasteiger partial charge in [0, 0.05) is 28.6 Å². The first-order chi connectivity index (χ1) is 9.88. The molecule has 0 saturated heterocycles. The fraction of sp³-hybridized carbons (Fsp3) is 0.133. The van der Waals surface area contributed by atoms with Gasteiger partial charge in [-0.15, -0.1) is 0 Å². The Balaban J connectivity index is 2.37. The summed E-state index contributed by atoms with van der Waals surface area (Å²) in [5.74, 6) is -0.0636. The van der Waals surface area contributed by atoms with Crippen LogP contribution in [0.25, 0.3) is 0 Å². The molecule has 0 aromatic heterocycles. The van der Waals surface area contributed by atoms with E-state index in [1.165, 1.54) is 4.90 Å². The van der Waals surface area contributed by atoms with E-state index in [9.17, 15) is 4.79 Å². The molecule has 6 heteroatoms. The molecular formula is C15H15Br2N3O. The summed E-state index contributed by atoms with van der Waals surface area (Å²) in [6, 6.07) is 11.0. The van der Waals surface area contributed by atoms with Crippen molar-refractivity contribution in [1.29, 1.82) is 0 Å². The van der Waals surface area contributed by atoms with Gasteiger partial charge in [0.25, 0.3) is 5.91 Å². The molecule has 110 valence electrons. The third kappa shape index (κ3) is 3.77. The maximum Gasteiger partial charge on any atom is 0.253 e. The molecule has 0 aliphatic heterocycles.